The number of carbonyl (C=O) groups is 3. The Labute approximate surface area is 226 Å². The Morgan fingerprint density at radius 1 is 0.944 bits per heavy atom. The van der Waals surface area contributed by atoms with E-state index in [1.165, 1.54) is 18.1 Å². The van der Waals surface area contributed by atoms with Crippen molar-refractivity contribution in [1.82, 2.24) is 20.7 Å². The monoisotopic (exact) mass is 537 g/mol. The first kappa shape index (κ1) is 31.5. The van der Waals surface area contributed by atoms with Gasteiger partial charge in [-0.2, -0.15) is 0 Å². The van der Waals surface area contributed by atoms with E-state index >= 15 is 0 Å². The van der Waals surface area contributed by atoms with Crippen LogP contribution in [0.4, 0.5) is 5.69 Å². The third-order valence-corrected chi connectivity index (χ3v) is 6.12. The Morgan fingerprint density at radius 3 is 2.11 bits per heavy atom. The Balaban J connectivity index is 0.00000324. The molecule has 0 saturated heterocycles. The number of benzene rings is 2. The van der Waals surface area contributed by atoms with E-state index in [1.54, 1.807) is 23.0 Å². The molecule has 1 aliphatic heterocycles. The maximum atomic E-state index is 13.1. The first-order valence-electron chi connectivity index (χ1n) is 11.7. The Hall–Kier alpha value is -2.49. The van der Waals surface area contributed by atoms with E-state index < -0.39 is 0 Å². The van der Waals surface area contributed by atoms with Crippen LogP contribution in [0.5, 0.6) is 0 Å². The van der Waals surface area contributed by atoms with Crippen LogP contribution in [-0.2, 0) is 22.7 Å². The maximum Gasteiger partial charge on any atom is 0.250 e. The first-order valence-corrected chi connectivity index (χ1v) is 11.7. The van der Waals surface area contributed by atoms with Gasteiger partial charge in [-0.05, 0) is 55.3 Å². The van der Waals surface area contributed by atoms with E-state index in [1.807, 2.05) is 43.1 Å². The van der Waals surface area contributed by atoms with Crippen LogP contribution in [0.2, 0.25) is 0 Å². The Morgan fingerprint density at radius 2 is 1.56 bits per heavy atom. The van der Waals surface area contributed by atoms with Gasteiger partial charge in [0.05, 0.1) is 13.1 Å². The molecule has 36 heavy (non-hydrogen) atoms. The number of nitrogens with zero attached hydrogens (tertiary/aromatic N) is 3. The van der Waals surface area contributed by atoms with Gasteiger partial charge >= 0.3 is 0 Å². The van der Waals surface area contributed by atoms with Gasteiger partial charge in [0.25, 0.3) is 5.91 Å². The van der Waals surface area contributed by atoms with Crippen LogP contribution < -0.4 is 15.5 Å². The van der Waals surface area contributed by atoms with Gasteiger partial charge in [0, 0.05) is 44.5 Å². The summed E-state index contributed by atoms with van der Waals surface area (Å²) in [7, 11) is 1.76. The average Bonchev–Trinajstić information content (AvgIpc) is 3.26. The third kappa shape index (κ3) is 8.01. The highest BCUT2D eigenvalue weighted by atomic mass is 35.5. The number of halogens is 2. The number of aryl methyl sites for hydroxylation is 1. The number of anilines is 1. The molecule has 0 saturated carbocycles. The van der Waals surface area contributed by atoms with E-state index in [2.05, 4.69) is 22.8 Å². The van der Waals surface area contributed by atoms with Crippen LogP contribution in [0.1, 0.15) is 40.9 Å². The van der Waals surface area contributed by atoms with Crippen molar-refractivity contribution >= 4 is 48.1 Å². The number of Topliss-reactive ketones (excluding diaryl/α,β-unsaturated/α-hetero) is 1. The second kappa shape index (κ2) is 14.9. The van der Waals surface area contributed by atoms with E-state index in [-0.39, 0.29) is 55.5 Å². The second-order valence-corrected chi connectivity index (χ2v) is 8.57. The maximum absolute atomic E-state index is 13.1. The standard InChI is InChI=1S/C26H35N5O3.2ClH/c1-5-27-12-13-31(24-11-10-21(20(3)32)14-19(24)2)26(34)16-28-15-25(33)29(4)30-17-22-8-6-7-9-23(22)18-30;;/h6-11,14,27-28H,5,12-13,15-18H2,1-4H3;2*1H. The minimum Gasteiger partial charge on any atom is -0.315 e. The predicted molar refractivity (Wildman–Crippen MR) is 148 cm³/mol. The molecule has 3 rings (SSSR count). The minimum absolute atomic E-state index is 0. The zero-order valence-electron chi connectivity index (χ0n) is 21.4. The summed E-state index contributed by atoms with van der Waals surface area (Å²) in [6.45, 7) is 8.90. The first-order chi connectivity index (χ1) is 16.3. The van der Waals surface area contributed by atoms with E-state index in [0.29, 0.717) is 31.7 Å². The Bertz CT molecular complexity index is 1020. The summed E-state index contributed by atoms with van der Waals surface area (Å²) in [6, 6.07) is 13.6. The molecule has 10 heteroatoms. The fourth-order valence-electron chi connectivity index (χ4n) is 4.10. The molecular weight excluding hydrogens is 501 g/mol. The SMILES string of the molecule is CCNCCN(C(=O)CNCC(=O)N(C)N1Cc2ccccc2C1)c1ccc(C(C)=O)cc1C.Cl.Cl. The lowest BCUT2D eigenvalue weighted by Gasteiger charge is -2.28. The predicted octanol–water partition coefficient (Wildman–Crippen LogP) is 2.96. The molecule has 1 aliphatic rings. The molecule has 198 valence electrons. The van der Waals surface area contributed by atoms with E-state index in [4.69, 9.17) is 0 Å². The molecule has 0 aromatic heterocycles. The van der Waals surface area contributed by atoms with Crippen molar-refractivity contribution in [2.24, 2.45) is 0 Å². The summed E-state index contributed by atoms with van der Waals surface area (Å²) in [4.78, 5) is 39.2. The molecule has 8 nitrogen and oxygen atoms in total. The van der Waals surface area contributed by atoms with Crippen molar-refractivity contribution in [2.45, 2.75) is 33.9 Å². The molecule has 2 N–H and O–H groups in total. The van der Waals surface area contributed by atoms with Crippen LogP contribution in [0.15, 0.2) is 42.5 Å². The van der Waals surface area contributed by atoms with Crippen molar-refractivity contribution in [2.75, 3.05) is 44.7 Å². The number of hydrogen-bond donors (Lipinski definition) is 2. The van der Waals surface area contributed by atoms with Gasteiger partial charge in [0.2, 0.25) is 5.91 Å². The molecule has 0 spiro atoms. The number of hydrogen-bond acceptors (Lipinski definition) is 6. The minimum atomic E-state index is -0.124. The summed E-state index contributed by atoms with van der Waals surface area (Å²) < 4.78 is 0. The molecule has 2 aromatic carbocycles. The van der Waals surface area contributed by atoms with Gasteiger partial charge in [0.15, 0.2) is 5.78 Å². The second-order valence-electron chi connectivity index (χ2n) is 8.57. The fraction of sp³-hybridized carbons (Fsp3) is 0.423. The summed E-state index contributed by atoms with van der Waals surface area (Å²) in [5.74, 6) is -0.229. The number of carbonyl (C=O) groups excluding carboxylic acids is 3. The van der Waals surface area contributed by atoms with Crippen molar-refractivity contribution in [3.05, 3.63) is 64.7 Å². The lowest BCUT2D eigenvalue weighted by atomic mass is 10.1. The highest BCUT2D eigenvalue weighted by molar-refractivity contribution is 5.98. The summed E-state index contributed by atoms with van der Waals surface area (Å²) >= 11 is 0. The zero-order chi connectivity index (χ0) is 24.7. The number of likely N-dealkylation sites (N-methyl/N-ethyl adjacent to an activating group) is 2. The number of fused-ring (bicyclic) bond motifs is 1. The smallest absolute Gasteiger partial charge is 0.250 e. The number of amides is 2. The van der Waals surface area contributed by atoms with E-state index in [0.717, 1.165) is 17.8 Å². The number of nitrogens with one attached hydrogen (secondary N) is 2. The fourth-order valence-corrected chi connectivity index (χ4v) is 4.10. The van der Waals surface area contributed by atoms with Crippen LogP contribution in [0.25, 0.3) is 0 Å². The molecule has 1 heterocycles. The molecular formula is C26H37Cl2N5O3. The van der Waals surface area contributed by atoms with Gasteiger partial charge in [0.1, 0.15) is 0 Å². The number of rotatable bonds is 11. The van der Waals surface area contributed by atoms with Crippen LogP contribution in [0.3, 0.4) is 0 Å². The quantitative estimate of drug-likeness (QED) is 0.338. The number of hydrazine groups is 1. The summed E-state index contributed by atoms with van der Waals surface area (Å²) in [6.07, 6.45) is 0. The molecule has 2 amide bonds. The van der Waals surface area contributed by atoms with Crippen molar-refractivity contribution in [3.63, 3.8) is 0 Å². The van der Waals surface area contributed by atoms with E-state index in [9.17, 15) is 14.4 Å². The highest BCUT2D eigenvalue weighted by Gasteiger charge is 2.25. The molecule has 0 fully saturated rings. The third-order valence-electron chi connectivity index (χ3n) is 6.12. The van der Waals surface area contributed by atoms with Gasteiger partial charge in [-0.3, -0.25) is 24.7 Å². The summed E-state index contributed by atoms with van der Waals surface area (Å²) in [5, 5.41) is 9.89. The topological polar surface area (TPSA) is 85.0 Å². The molecule has 0 aliphatic carbocycles. The van der Waals surface area contributed by atoms with Crippen LogP contribution >= 0.6 is 24.8 Å². The molecule has 0 bridgehead atoms. The largest absolute Gasteiger partial charge is 0.315 e. The zero-order valence-corrected chi connectivity index (χ0v) is 23.0. The average molecular weight is 539 g/mol. The lowest BCUT2D eigenvalue weighted by molar-refractivity contribution is -0.145. The summed E-state index contributed by atoms with van der Waals surface area (Å²) in [5.41, 5.74) is 4.71. The van der Waals surface area contributed by atoms with Gasteiger partial charge in [-0.1, -0.05) is 31.2 Å². The molecule has 0 radical (unpaired) electrons. The number of ketones is 1. The van der Waals surface area contributed by atoms with Crippen LogP contribution in [-0.4, -0.2) is 67.4 Å². The van der Waals surface area contributed by atoms with Gasteiger partial charge in [-0.15, -0.1) is 24.8 Å². The van der Waals surface area contributed by atoms with Gasteiger partial charge in [-0.25, -0.2) is 5.01 Å². The molecule has 2 aromatic rings. The molecule has 0 unspecified atom stereocenters. The van der Waals surface area contributed by atoms with Crippen molar-refractivity contribution in [3.8, 4) is 0 Å². The lowest BCUT2D eigenvalue weighted by Crippen LogP contribution is -2.47. The van der Waals surface area contributed by atoms with Crippen LogP contribution in [0, 0.1) is 6.92 Å². The Kier molecular flexibility index (Phi) is 13.1. The van der Waals surface area contributed by atoms with Gasteiger partial charge < -0.3 is 10.2 Å². The highest BCUT2D eigenvalue weighted by Crippen LogP contribution is 2.23. The normalized spacial score (nSPS) is 12.2. The van der Waals surface area contributed by atoms with Crippen molar-refractivity contribution < 1.29 is 14.4 Å². The molecule has 0 atom stereocenters. The van der Waals surface area contributed by atoms with Crippen molar-refractivity contribution in [1.29, 1.82) is 0 Å².